The van der Waals surface area contributed by atoms with Gasteiger partial charge in [0.15, 0.2) is 0 Å². The molecule has 0 unspecified atom stereocenters. The molecular formula is C35H37Br2FN4O4. The Balaban J connectivity index is 1.26. The van der Waals surface area contributed by atoms with Crippen LogP contribution in [-0.4, -0.2) is 71.0 Å². The van der Waals surface area contributed by atoms with Gasteiger partial charge in [0.25, 0.3) is 0 Å². The molecule has 8 nitrogen and oxygen atoms in total. The van der Waals surface area contributed by atoms with Crippen LogP contribution in [0.4, 0.5) is 19.7 Å². The first-order valence-electron chi connectivity index (χ1n) is 15.8. The fraction of sp³-hybridized carbons (Fsp3) is 0.400. The molecule has 0 saturated carbocycles. The zero-order valence-corrected chi connectivity index (χ0v) is 28.6. The zero-order chi connectivity index (χ0) is 32.3. The number of urea groups is 1. The summed E-state index contributed by atoms with van der Waals surface area (Å²) in [6.45, 7) is 2.25. The maximum absolute atomic E-state index is 13.9. The van der Waals surface area contributed by atoms with E-state index >= 15 is 0 Å². The minimum atomic E-state index is -0.963. The van der Waals surface area contributed by atoms with Crippen molar-refractivity contribution in [1.82, 2.24) is 14.7 Å². The van der Waals surface area contributed by atoms with Crippen molar-refractivity contribution in [2.24, 2.45) is 0 Å². The van der Waals surface area contributed by atoms with Crippen LogP contribution in [0.1, 0.15) is 54.7 Å². The topological polar surface area (TPSA) is 82.2 Å². The Morgan fingerprint density at radius 3 is 2.48 bits per heavy atom. The van der Waals surface area contributed by atoms with E-state index in [1.165, 1.54) is 12.1 Å². The molecule has 0 aliphatic carbocycles. The molecule has 3 aliphatic heterocycles. The molecule has 46 heavy (non-hydrogen) atoms. The fourth-order valence-corrected chi connectivity index (χ4v) is 7.99. The largest absolute Gasteiger partial charge is 0.445 e. The van der Waals surface area contributed by atoms with Crippen LogP contribution in [0, 0.1) is 5.82 Å². The summed E-state index contributed by atoms with van der Waals surface area (Å²) in [6, 6.07) is 19.8. The van der Waals surface area contributed by atoms with Crippen LogP contribution < -0.4 is 5.32 Å². The molecule has 3 aromatic carbocycles. The second-order valence-electron chi connectivity index (χ2n) is 12.3. The number of hydrogen-bond donors (Lipinski definition) is 1. The van der Waals surface area contributed by atoms with Gasteiger partial charge in [-0.2, -0.15) is 0 Å². The maximum atomic E-state index is 13.9. The van der Waals surface area contributed by atoms with Crippen molar-refractivity contribution in [3.63, 3.8) is 0 Å². The summed E-state index contributed by atoms with van der Waals surface area (Å²) >= 11 is 6.99. The molecule has 0 bridgehead atoms. The molecule has 2 fully saturated rings. The SMILES string of the molecule is O=CC[C@@]1(N2CCC(c3ccc(F)cc3)CC2)C[C@H](N2CCc3ccccc3NC2=O)CCN1C(=O)OCc1ccc(Br)c(Br)c1. The fourth-order valence-electron chi connectivity index (χ4n) is 7.31. The third-order valence-corrected chi connectivity index (χ3v) is 11.6. The monoisotopic (exact) mass is 754 g/mol. The zero-order valence-electron chi connectivity index (χ0n) is 25.5. The number of piperidine rings is 2. The minimum Gasteiger partial charge on any atom is -0.445 e. The molecule has 3 heterocycles. The Kier molecular flexibility index (Phi) is 10.1. The number of likely N-dealkylation sites (tertiary alicyclic amines) is 2. The number of fused-ring (bicyclic) bond motifs is 1. The minimum absolute atomic E-state index is 0.0846. The van der Waals surface area contributed by atoms with E-state index in [0.717, 1.165) is 50.5 Å². The summed E-state index contributed by atoms with van der Waals surface area (Å²) in [6.07, 6.45) is 3.80. The molecule has 3 amide bonds. The van der Waals surface area contributed by atoms with Gasteiger partial charge in [-0.05, 0) is 110 Å². The molecule has 0 spiro atoms. The first kappa shape index (κ1) is 32.7. The Labute approximate surface area is 285 Å². The second kappa shape index (κ2) is 14.2. The van der Waals surface area contributed by atoms with Gasteiger partial charge >= 0.3 is 12.1 Å². The number of anilines is 1. The third-order valence-electron chi connectivity index (χ3n) is 9.74. The van der Waals surface area contributed by atoms with Crippen LogP contribution >= 0.6 is 31.9 Å². The molecule has 2 saturated heterocycles. The van der Waals surface area contributed by atoms with Crippen molar-refractivity contribution in [2.45, 2.75) is 62.8 Å². The van der Waals surface area contributed by atoms with E-state index in [9.17, 15) is 18.8 Å². The van der Waals surface area contributed by atoms with Crippen LogP contribution in [0.3, 0.4) is 0 Å². The summed E-state index contributed by atoms with van der Waals surface area (Å²) in [5.41, 5.74) is 2.86. The van der Waals surface area contributed by atoms with E-state index in [4.69, 9.17) is 4.74 Å². The molecule has 6 rings (SSSR count). The Bertz CT molecular complexity index is 1580. The van der Waals surface area contributed by atoms with Gasteiger partial charge in [-0.1, -0.05) is 36.4 Å². The van der Waals surface area contributed by atoms with E-state index < -0.39 is 11.8 Å². The Hall–Kier alpha value is -3.28. The van der Waals surface area contributed by atoms with Crippen molar-refractivity contribution in [3.8, 4) is 0 Å². The number of halogens is 3. The highest BCUT2D eigenvalue weighted by atomic mass is 79.9. The average Bonchev–Trinajstić information content (AvgIpc) is 3.23. The van der Waals surface area contributed by atoms with Crippen LogP contribution in [-0.2, 0) is 22.6 Å². The smallest absolute Gasteiger partial charge is 0.411 e. The van der Waals surface area contributed by atoms with Gasteiger partial charge in [-0.15, -0.1) is 0 Å². The van der Waals surface area contributed by atoms with E-state index in [1.807, 2.05) is 59.5 Å². The van der Waals surface area contributed by atoms with Crippen LogP contribution in [0.25, 0.3) is 0 Å². The summed E-state index contributed by atoms with van der Waals surface area (Å²) in [7, 11) is 0. The summed E-state index contributed by atoms with van der Waals surface area (Å²) < 4.78 is 21.3. The molecule has 0 aromatic heterocycles. The number of benzene rings is 3. The van der Waals surface area contributed by atoms with Gasteiger partial charge in [-0.3, -0.25) is 9.80 Å². The van der Waals surface area contributed by atoms with Crippen LogP contribution in [0.15, 0.2) is 75.7 Å². The molecule has 2 atom stereocenters. The number of amides is 3. The van der Waals surface area contributed by atoms with Gasteiger partial charge in [0.2, 0.25) is 0 Å². The Morgan fingerprint density at radius 2 is 1.74 bits per heavy atom. The predicted molar refractivity (Wildman–Crippen MR) is 181 cm³/mol. The van der Waals surface area contributed by atoms with Gasteiger partial charge in [0, 0.05) is 59.7 Å². The van der Waals surface area contributed by atoms with E-state index in [-0.39, 0.29) is 36.8 Å². The summed E-state index contributed by atoms with van der Waals surface area (Å²) in [5.74, 6) is -0.0136. The van der Waals surface area contributed by atoms with Crippen LogP contribution in [0.2, 0.25) is 0 Å². The number of nitrogens with zero attached hydrogens (tertiary/aromatic N) is 3. The molecule has 242 valence electrons. The lowest BCUT2D eigenvalue weighted by molar-refractivity contribution is -0.126. The van der Waals surface area contributed by atoms with E-state index in [1.54, 1.807) is 4.90 Å². The van der Waals surface area contributed by atoms with Gasteiger partial charge in [0.05, 0.1) is 0 Å². The first-order valence-corrected chi connectivity index (χ1v) is 17.3. The number of carbonyl (C=O) groups excluding carboxylic acids is 3. The number of aldehydes is 1. The van der Waals surface area contributed by atoms with Gasteiger partial charge in [-0.25, -0.2) is 14.0 Å². The lowest BCUT2D eigenvalue weighted by atomic mass is 9.82. The molecule has 3 aromatic rings. The van der Waals surface area contributed by atoms with Crippen molar-refractivity contribution < 1.29 is 23.5 Å². The van der Waals surface area contributed by atoms with Crippen molar-refractivity contribution in [3.05, 3.63) is 98.2 Å². The van der Waals surface area contributed by atoms with Gasteiger partial charge in [0.1, 0.15) is 24.4 Å². The summed E-state index contributed by atoms with van der Waals surface area (Å²) in [4.78, 5) is 45.8. The molecule has 1 N–H and O–H groups in total. The Morgan fingerprint density at radius 1 is 0.978 bits per heavy atom. The molecule has 11 heteroatoms. The highest BCUT2D eigenvalue weighted by Crippen LogP contribution is 2.41. The van der Waals surface area contributed by atoms with Gasteiger partial charge < -0.3 is 19.7 Å². The number of rotatable bonds is 7. The average molecular weight is 757 g/mol. The van der Waals surface area contributed by atoms with Crippen molar-refractivity contribution in [2.75, 3.05) is 31.5 Å². The lowest BCUT2D eigenvalue weighted by Gasteiger charge is -2.56. The number of para-hydroxylation sites is 1. The number of carbonyl (C=O) groups is 3. The predicted octanol–water partition coefficient (Wildman–Crippen LogP) is 7.71. The van der Waals surface area contributed by atoms with Crippen molar-refractivity contribution in [1.29, 1.82) is 0 Å². The van der Waals surface area contributed by atoms with E-state index in [2.05, 4.69) is 42.1 Å². The number of ether oxygens (including phenoxy) is 1. The second-order valence-corrected chi connectivity index (χ2v) is 14.0. The van der Waals surface area contributed by atoms with E-state index in [0.29, 0.717) is 45.4 Å². The molecule has 3 aliphatic rings. The quantitative estimate of drug-likeness (QED) is 0.250. The standard InChI is InChI=1S/C35H37Br2FN4O4/c36-30-10-5-24(21-31(30)37)23-46-34(45)42-19-14-29(41-18-13-27-3-1-2-4-32(27)39-33(41)44)22-35(42,15-20-43)40-16-11-26(12-17-40)25-6-8-28(38)9-7-25/h1-10,20-21,26,29H,11-19,22-23H2,(H,39,44)/t29-,35+/m1/s1. The number of nitrogens with one attached hydrogen (secondary N) is 1. The van der Waals surface area contributed by atoms with Crippen molar-refractivity contribution >= 4 is 56.0 Å². The van der Waals surface area contributed by atoms with Crippen LogP contribution in [0.5, 0.6) is 0 Å². The molecule has 0 radical (unpaired) electrons. The normalized spacial score (nSPS) is 22.5. The maximum Gasteiger partial charge on any atom is 0.411 e. The summed E-state index contributed by atoms with van der Waals surface area (Å²) in [5, 5.41) is 3.08. The first-order chi connectivity index (χ1) is 22.3. The number of hydrogen-bond acceptors (Lipinski definition) is 5. The highest BCUT2D eigenvalue weighted by Gasteiger charge is 2.51. The molecular weight excluding hydrogens is 719 g/mol. The lowest BCUT2D eigenvalue weighted by Crippen LogP contribution is -2.69. The highest BCUT2D eigenvalue weighted by molar-refractivity contribution is 9.13. The third kappa shape index (κ3) is 6.87.